The molecule has 7 heteroatoms. The van der Waals surface area contributed by atoms with E-state index in [1.54, 1.807) is 0 Å². The van der Waals surface area contributed by atoms with Crippen molar-refractivity contribution in [1.82, 2.24) is 9.55 Å². The molecule has 0 aliphatic rings. The highest BCUT2D eigenvalue weighted by Gasteiger charge is 2.24. The molecule has 0 radical (unpaired) electrons. The number of anilines is 2. The van der Waals surface area contributed by atoms with Gasteiger partial charge >= 0.3 is 0 Å². The Labute approximate surface area is 215 Å². The molecule has 1 aromatic heterocycles. The molecule has 0 spiro atoms. The topological polar surface area (TPSA) is 68.6 Å². The van der Waals surface area contributed by atoms with Crippen LogP contribution in [0.25, 0.3) is 5.69 Å². The average molecular weight is 493 g/mol. The van der Waals surface area contributed by atoms with Gasteiger partial charge in [-0.15, -0.1) is 0 Å². The summed E-state index contributed by atoms with van der Waals surface area (Å²) in [6.45, 7) is 10.9. The molecule has 3 rings (SSSR count). The number of hydrogen-bond donors (Lipinski definition) is 1. The number of amides is 1. The summed E-state index contributed by atoms with van der Waals surface area (Å²) in [5, 5.41) is 3.06. The van der Waals surface area contributed by atoms with Gasteiger partial charge in [0.15, 0.2) is 5.82 Å². The molecule has 1 heterocycles. The quantitative estimate of drug-likeness (QED) is 0.243. The van der Waals surface area contributed by atoms with E-state index in [1.807, 2.05) is 93.4 Å². The van der Waals surface area contributed by atoms with E-state index in [9.17, 15) is 4.79 Å². The van der Waals surface area contributed by atoms with Crippen LogP contribution in [-0.4, -0.2) is 41.4 Å². The Morgan fingerprint density at radius 2 is 1.72 bits per heavy atom. The molecule has 1 amide bonds. The third-order valence-corrected chi connectivity index (χ3v) is 5.83. The summed E-state index contributed by atoms with van der Waals surface area (Å²) in [7, 11) is 1.90. The first-order chi connectivity index (χ1) is 17.2. The van der Waals surface area contributed by atoms with Gasteiger partial charge in [0, 0.05) is 24.3 Å². The summed E-state index contributed by atoms with van der Waals surface area (Å²) in [6, 6.07) is 19.9. The lowest BCUT2D eigenvalue weighted by Crippen LogP contribution is -2.30. The molecular weight excluding hydrogens is 452 g/mol. The summed E-state index contributed by atoms with van der Waals surface area (Å²) in [6.07, 6.45) is 2.03. The molecule has 0 saturated heterocycles. The second-order valence-electron chi connectivity index (χ2n) is 10.1. The zero-order valence-electron chi connectivity index (χ0n) is 22.5. The number of aromatic nitrogens is 2. The lowest BCUT2D eigenvalue weighted by molar-refractivity contribution is -0.125. The SMILES string of the molecule is CCCC(C)c1nc(NC(=O)CN(C)c2ccccc2)c(COCOC(C)(C)C)n1-c1ccccc1. The van der Waals surface area contributed by atoms with Gasteiger partial charge in [0.1, 0.15) is 12.6 Å². The molecule has 2 aromatic carbocycles. The van der Waals surface area contributed by atoms with Gasteiger partial charge in [0.25, 0.3) is 0 Å². The Bertz CT molecular complexity index is 1090. The van der Waals surface area contributed by atoms with E-state index in [4.69, 9.17) is 14.5 Å². The molecule has 0 aliphatic heterocycles. The Balaban J connectivity index is 1.92. The molecular formula is C29H40N4O3. The minimum absolute atomic E-state index is 0.138. The molecule has 1 N–H and O–H groups in total. The lowest BCUT2D eigenvalue weighted by Gasteiger charge is -2.20. The van der Waals surface area contributed by atoms with Gasteiger partial charge in [0.05, 0.1) is 24.4 Å². The van der Waals surface area contributed by atoms with Crippen LogP contribution in [-0.2, 0) is 20.9 Å². The Morgan fingerprint density at radius 3 is 2.33 bits per heavy atom. The number of carbonyl (C=O) groups is 1. The van der Waals surface area contributed by atoms with Gasteiger partial charge in [-0.05, 0) is 51.5 Å². The van der Waals surface area contributed by atoms with Crippen molar-refractivity contribution in [2.45, 2.75) is 65.6 Å². The normalized spacial score (nSPS) is 12.4. The zero-order valence-corrected chi connectivity index (χ0v) is 22.5. The minimum Gasteiger partial charge on any atom is -0.365 e. The predicted octanol–water partition coefficient (Wildman–Crippen LogP) is 6.14. The second-order valence-corrected chi connectivity index (χ2v) is 10.1. The summed E-state index contributed by atoms with van der Waals surface area (Å²) in [5.74, 6) is 1.50. The predicted molar refractivity (Wildman–Crippen MR) is 146 cm³/mol. The van der Waals surface area contributed by atoms with Crippen molar-refractivity contribution in [1.29, 1.82) is 0 Å². The number of hydrogen-bond acceptors (Lipinski definition) is 5. The number of benzene rings is 2. The Kier molecular flexibility index (Phi) is 9.67. The number of imidazole rings is 1. The van der Waals surface area contributed by atoms with Gasteiger partial charge < -0.3 is 19.7 Å². The Hall–Kier alpha value is -3.16. The van der Waals surface area contributed by atoms with Gasteiger partial charge in [-0.1, -0.05) is 56.7 Å². The van der Waals surface area contributed by atoms with Gasteiger partial charge in [-0.25, -0.2) is 4.98 Å². The van der Waals surface area contributed by atoms with Crippen LogP contribution in [0.4, 0.5) is 11.5 Å². The summed E-state index contributed by atoms with van der Waals surface area (Å²) >= 11 is 0. The minimum atomic E-state index is -0.306. The number of nitrogens with zero attached hydrogens (tertiary/aromatic N) is 3. The first-order valence-corrected chi connectivity index (χ1v) is 12.6. The standard InChI is InChI=1S/C29H40N4O3/c1-7-14-22(2)28-31-27(30-26(34)19-32(6)23-15-10-8-11-16-23)25(20-35-21-36-29(3,4)5)33(28)24-17-12-9-13-18-24/h8-13,15-18,22H,7,14,19-21H2,1-6H3,(H,30,34). The van der Waals surface area contributed by atoms with E-state index in [0.29, 0.717) is 5.82 Å². The maximum Gasteiger partial charge on any atom is 0.245 e. The molecule has 194 valence electrons. The highest BCUT2D eigenvalue weighted by molar-refractivity contribution is 5.93. The van der Waals surface area contributed by atoms with Crippen LogP contribution >= 0.6 is 0 Å². The molecule has 1 atom stereocenters. The monoisotopic (exact) mass is 492 g/mol. The van der Waals surface area contributed by atoms with Crippen LogP contribution < -0.4 is 10.2 Å². The van der Waals surface area contributed by atoms with E-state index in [-0.39, 0.29) is 37.4 Å². The van der Waals surface area contributed by atoms with Gasteiger partial charge in [-0.3, -0.25) is 9.36 Å². The molecule has 0 bridgehead atoms. The van der Waals surface area contributed by atoms with E-state index >= 15 is 0 Å². The smallest absolute Gasteiger partial charge is 0.245 e. The van der Waals surface area contributed by atoms with Crippen molar-refractivity contribution in [2.24, 2.45) is 0 Å². The van der Waals surface area contributed by atoms with Crippen LogP contribution in [0, 0.1) is 0 Å². The van der Waals surface area contributed by atoms with Gasteiger partial charge in [0.2, 0.25) is 5.91 Å². The Morgan fingerprint density at radius 1 is 1.08 bits per heavy atom. The second kappa shape index (κ2) is 12.7. The highest BCUT2D eigenvalue weighted by atomic mass is 16.7. The fourth-order valence-electron chi connectivity index (χ4n) is 3.98. The van der Waals surface area contributed by atoms with Crippen molar-refractivity contribution >= 4 is 17.4 Å². The van der Waals surface area contributed by atoms with Crippen molar-refractivity contribution in [3.63, 3.8) is 0 Å². The number of ether oxygens (including phenoxy) is 2. The lowest BCUT2D eigenvalue weighted by atomic mass is 10.1. The third kappa shape index (κ3) is 7.67. The summed E-state index contributed by atoms with van der Waals surface area (Å²) < 4.78 is 13.8. The van der Waals surface area contributed by atoms with E-state index < -0.39 is 0 Å². The molecule has 7 nitrogen and oxygen atoms in total. The fraction of sp³-hybridized carbons (Fsp3) is 0.448. The number of nitrogens with one attached hydrogen (secondary N) is 1. The molecule has 0 aliphatic carbocycles. The number of likely N-dealkylation sites (N-methyl/N-ethyl adjacent to an activating group) is 1. The van der Waals surface area contributed by atoms with Crippen LogP contribution in [0.3, 0.4) is 0 Å². The van der Waals surface area contributed by atoms with Crippen LogP contribution in [0.15, 0.2) is 60.7 Å². The van der Waals surface area contributed by atoms with E-state index in [2.05, 4.69) is 23.7 Å². The first-order valence-electron chi connectivity index (χ1n) is 12.6. The summed E-state index contributed by atoms with van der Waals surface area (Å²) in [5.41, 5.74) is 2.45. The molecule has 0 saturated carbocycles. The number of rotatable bonds is 12. The molecule has 1 unspecified atom stereocenters. The van der Waals surface area contributed by atoms with Gasteiger partial charge in [-0.2, -0.15) is 0 Å². The van der Waals surface area contributed by atoms with E-state index in [1.165, 1.54) is 0 Å². The summed E-state index contributed by atoms with van der Waals surface area (Å²) in [4.78, 5) is 20.0. The highest BCUT2D eigenvalue weighted by Crippen LogP contribution is 2.30. The average Bonchev–Trinajstić information content (AvgIpc) is 3.20. The maximum atomic E-state index is 13.1. The zero-order chi connectivity index (χ0) is 26.1. The largest absolute Gasteiger partial charge is 0.365 e. The molecule has 36 heavy (non-hydrogen) atoms. The van der Waals surface area contributed by atoms with Crippen LogP contribution in [0.5, 0.6) is 0 Å². The van der Waals surface area contributed by atoms with Crippen molar-refractivity contribution in [3.8, 4) is 5.69 Å². The van der Waals surface area contributed by atoms with Crippen molar-refractivity contribution in [2.75, 3.05) is 30.6 Å². The molecule has 3 aromatic rings. The van der Waals surface area contributed by atoms with E-state index in [0.717, 1.165) is 35.7 Å². The van der Waals surface area contributed by atoms with Crippen molar-refractivity contribution < 1.29 is 14.3 Å². The van der Waals surface area contributed by atoms with Crippen molar-refractivity contribution in [3.05, 3.63) is 72.2 Å². The van der Waals surface area contributed by atoms with Crippen LogP contribution in [0.1, 0.15) is 64.9 Å². The number of para-hydroxylation sites is 2. The maximum absolute atomic E-state index is 13.1. The number of carbonyl (C=O) groups excluding carboxylic acids is 1. The van der Waals surface area contributed by atoms with Crippen LogP contribution in [0.2, 0.25) is 0 Å². The third-order valence-electron chi connectivity index (χ3n) is 5.83. The fourth-order valence-corrected chi connectivity index (χ4v) is 3.98. The first kappa shape index (κ1) is 27.4. The molecule has 0 fully saturated rings.